The molecular weight excluding hydrogens is 248 g/mol. The number of hydrogen-bond donors (Lipinski definition) is 1. The van der Waals surface area contributed by atoms with Gasteiger partial charge in [-0.15, -0.1) is 0 Å². The molecule has 0 aromatic carbocycles. The van der Waals surface area contributed by atoms with Gasteiger partial charge in [0.25, 0.3) is 0 Å². The summed E-state index contributed by atoms with van der Waals surface area (Å²) >= 11 is 0. The minimum Gasteiger partial charge on any atom is -0.370 e. The molecule has 1 aromatic rings. The van der Waals surface area contributed by atoms with E-state index in [1.54, 1.807) is 0 Å². The molecule has 0 radical (unpaired) electrons. The Balaban J connectivity index is 2.41. The van der Waals surface area contributed by atoms with Crippen molar-refractivity contribution < 1.29 is 0 Å². The van der Waals surface area contributed by atoms with E-state index in [1.165, 1.54) is 18.4 Å². The second-order valence-corrected chi connectivity index (χ2v) is 6.29. The standard InChI is InChI=1S/C16H28N4/c1-6-10-17-14-12(3)15(19-13(7-2)18-14)20-11-8-9-16(20,4)5/h6-11H2,1-5H3,(H,17,18,19). The largest absolute Gasteiger partial charge is 0.370 e. The molecule has 1 aliphatic heterocycles. The van der Waals surface area contributed by atoms with Crippen LogP contribution in [0.15, 0.2) is 0 Å². The van der Waals surface area contributed by atoms with E-state index in [4.69, 9.17) is 4.98 Å². The number of anilines is 2. The van der Waals surface area contributed by atoms with Crippen LogP contribution < -0.4 is 10.2 Å². The number of rotatable bonds is 5. The van der Waals surface area contributed by atoms with Crippen molar-refractivity contribution in [3.05, 3.63) is 11.4 Å². The monoisotopic (exact) mass is 276 g/mol. The average molecular weight is 276 g/mol. The smallest absolute Gasteiger partial charge is 0.137 e. The molecule has 2 rings (SSSR count). The summed E-state index contributed by atoms with van der Waals surface area (Å²) in [4.78, 5) is 11.9. The molecule has 0 atom stereocenters. The van der Waals surface area contributed by atoms with Gasteiger partial charge < -0.3 is 10.2 Å². The number of hydrogen-bond acceptors (Lipinski definition) is 4. The fourth-order valence-electron chi connectivity index (χ4n) is 2.89. The molecular formula is C16H28N4. The normalized spacial score (nSPS) is 17.6. The molecule has 0 saturated carbocycles. The van der Waals surface area contributed by atoms with Crippen LogP contribution >= 0.6 is 0 Å². The zero-order valence-corrected chi connectivity index (χ0v) is 13.6. The Bertz CT molecular complexity index is 468. The zero-order chi connectivity index (χ0) is 14.8. The Kier molecular flexibility index (Phi) is 4.51. The molecule has 1 fully saturated rings. The van der Waals surface area contributed by atoms with E-state index in [2.05, 4.69) is 49.8 Å². The maximum absolute atomic E-state index is 4.81. The second-order valence-electron chi connectivity index (χ2n) is 6.29. The van der Waals surface area contributed by atoms with Crippen LogP contribution in [0, 0.1) is 6.92 Å². The predicted molar refractivity (Wildman–Crippen MR) is 85.6 cm³/mol. The Morgan fingerprint density at radius 2 is 2.00 bits per heavy atom. The van der Waals surface area contributed by atoms with E-state index in [0.717, 1.165) is 43.4 Å². The maximum atomic E-state index is 4.81. The highest BCUT2D eigenvalue weighted by molar-refractivity contribution is 5.60. The molecule has 20 heavy (non-hydrogen) atoms. The molecule has 1 N–H and O–H groups in total. The first-order valence-corrected chi connectivity index (χ1v) is 7.88. The topological polar surface area (TPSA) is 41.1 Å². The van der Waals surface area contributed by atoms with Crippen molar-refractivity contribution in [2.24, 2.45) is 0 Å². The summed E-state index contributed by atoms with van der Waals surface area (Å²) in [5, 5.41) is 3.45. The van der Waals surface area contributed by atoms with E-state index in [-0.39, 0.29) is 5.54 Å². The minimum atomic E-state index is 0.201. The van der Waals surface area contributed by atoms with E-state index < -0.39 is 0 Å². The molecule has 1 aromatic heterocycles. The second kappa shape index (κ2) is 5.98. The van der Waals surface area contributed by atoms with Gasteiger partial charge in [-0.1, -0.05) is 13.8 Å². The maximum Gasteiger partial charge on any atom is 0.137 e. The van der Waals surface area contributed by atoms with Crippen molar-refractivity contribution >= 4 is 11.6 Å². The molecule has 112 valence electrons. The third-order valence-corrected chi connectivity index (χ3v) is 4.18. The number of nitrogens with zero attached hydrogens (tertiary/aromatic N) is 3. The van der Waals surface area contributed by atoms with Crippen LogP contribution in [-0.2, 0) is 6.42 Å². The van der Waals surface area contributed by atoms with E-state index in [1.807, 2.05) is 0 Å². The fraction of sp³-hybridized carbons (Fsp3) is 0.750. The number of aryl methyl sites for hydroxylation is 1. The summed E-state index contributed by atoms with van der Waals surface area (Å²) in [6.45, 7) is 13.1. The van der Waals surface area contributed by atoms with Crippen LogP contribution in [0.1, 0.15) is 58.3 Å². The quantitative estimate of drug-likeness (QED) is 0.893. The van der Waals surface area contributed by atoms with Crippen molar-refractivity contribution in [1.29, 1.82) is 0 Å². The summed E-state index contributed by atoms with van der Waals surface area (Å²) in [5.74, 6) is 3.07. The summed E-state index contributed by atoms with van der Waals surface area (Å²) in [7, 11) is 0. The summed E-state index contributed by atoms with van der Waals surface area (Å²) in [6, 6.07) is 0. The van der Waals surface area contributed by atoms with Gasteiger partial charge >= 0.3 is 0 Å². The van der Waals surface area contributed by atoms with E-state index in [9.17, 15) is 0 Å². The molecule has 4 nitrogen and oxygen atoms in total. The van der Waals surface area contributed by atoms with Gasteiger partial charge in [-0.3, -0.25) is 0 Å². The molecule has 0 unspecified atom stereocenters. The lowest BCUT2D eigenvalue weighted by molar-refractivity contribution is 0.512. The van der Waals surface area contributed by atoms with Crippen LogP contribution in [0.25, 0.3) is 0 Å². The van der Waals surface area contributed by atoms with Crippen LogP contribution in [0.2, 0.25) is 0 Å². The highest BCUT2D eigenvalue weighted by Crippen LogP contribution is 2.35. The van der Waals surface area contributed by atoms with Gasteiger partial charge in [0.15, 0.2) is 0 Å². The van der Waals surface area contributed by atoms with Crippen molar-refractivity contribution in [2.45, 2.75) is 65.8 Å². The van der Waals surface area contributed by atoms with Crippen LogP contribution in [0.5, 0.6) is 0 Å². The van der Waals surface area contributed by atoms with Gasteiger partial charge in [0, 0.05) is 30.6 Å². The Labute approximate surface area is 123 Å². The predicted octanol–water partition coefficient (Wildman–Crippen LogP) is 3.55. The van der Waals surface area contributed by atoms with Crippen LogP contribution in [0.4, 0.5) is 11.6 Å². The van der Waals surface area contributed by atoms with Gasteiger partial charge in [-0.2, -0.15) is 0 Å². The van der Waals surface area contributed by atoms with Crippen molar-refractivity contribution in [3.8, 4) is 0 Å². The Morgan fingerprint density at radius 1 is 1.25 bits per heavy atom. The molecule has 0 amide bonds. The van der Waals surface area contributed by atoms with E-state index in [0.29, 0.717) is 0 Å². The number of aromatic nitrogens is 2. The molecule has 2 heterocycles. The molecule has 0 spiro atoms. The zero-order valence-electron chi connectivity index (χ0n) is 13.6. The first-order valence-electron chi connectivity index (χ1n) is 7.88. The van der Waals surface area contributed by atoms with Gasteiger partial charge in [0.05, 0.1) is 0 Å². The van der Waals surface area contributed by atoms with Crippen LogP contribution in [-0.4, -0.2) is 28.6 Å². The number of nitrogens with one attached hydrogen (secondary N) is 1. The lowest BCUT2D eigenvalue weighted by Crippen LogP contribution is -2.39. The van der Waals surface area contributed by atoms with Gasteiger partial charge in [0.1, 0.15) is 17.5 Å². The third kappa shape index (κ3) is 2.89. The third-order valence-electron chi connectivity index (χ3n) is 4.18. The fourth-order valence-corrected chi connectivity index (χ4v) is 2.89. The van der Waals surface area contributed by atoms with E-state index >= 15 is 0 Å². The Hall–Kier alpha value is -1.32. The summed E-state index contributed by atoms with van der Waals surface area (Å²) in [5.41, 5.74) is 1.39. The SMILES string of the molecule is CCCNc1nc(CC)nc(N2CCCC2(C)C)c1C. The van der Waals surface area contributed by atoms with Gasteiger partial charge in [0.2, 0.25) is 0 Å². The first-order chi connectivity index (χ1) is 9.49. The van der Waals surface area contributed by atoms with Crippen molar-refractivity contribution in [3.63, 3.8) is 0 Å². The van der Waals surface area contributed by atoms with Gasteiger partial charge in [-0.25, -0.2) is 9.97 Å². The molecule has 0 bridgehead atoms. The molecule has 1 aliphatic rings. The Morgan fingerprint density at radius 3 is 2.55 bits per heavy atom. The van der Waals surface area contributed by atoms with Crippen LogP contribution in [0.3, 0.4) is 0 Å². The minimum absolute atomic E-state index is 0.201. The van der Waals surface area contributed by atoms with Gasteiger partial charge in [-0.05, 0) is 40.0 Å². The average Bonchev–Trinajstić information content (AvgIpc) is 2.77. The van der Waals surface area contributed by atoms with Crippen molar-refractivity contribution in [2.75, 3.05) is 23.3 Å². The highest BCUT2D eigenvalue weighted by atomic mass is 15.3. The lowest BCUT2D eigenvalue weighted by Gasteiger charge is -2.34. The summed E-state index contributed by atoms with van der Waals surface area (Å²) < 4.78 is 0. The first kappa shape index (κ1) is 15.1. The summed E-state index contributed by atoms with van der Waals surface area (Å²) in [6.07, 6.45) is 4.46. The molecule has 0 aliphatic carbocycles. The molecule has 4 heteroatoms. The molecule has 1 saturated heterocycles. The lowest BCUT2D eigenvalue weighted by atomic mass is 10.0. The van der Waals surface area contributed by atoms with Crippen molar-refractivity contribution in [1.82, 2.24) is 9.97 Å². The highest BCUT2D eigenvalue weighted by Gasteiger charge is 2.34.